The van der Waals surface area contributed by atoms with E-state index >= 15 is 0 Å². The van der Waals surface area contributed by atoms with Crippen molar-refractivity contribution in [3.05, 3.63) is 0 Å². The third kappa shape index (κ3) is 38.3. The number of rotatable bonds is 4. The molecule has 1 fully saturated rings. The van der Waals surface area contributed by atoms with Gasteiger partial charge in [-0.1, -0.05) is 0 Å². The van der Waals surface area contributed by atoms with E-state index in [4.69, 9.17) is 48.7 Å². The smallest absolute Gasteiger partial charge is 0.231 e. The maximum Gasteiger partial charge on any atom is 0.231 e. The first-order valence-electron chi connectivity index (χ1n) is 10.0. The van der Waals surface area contributed by atoms with Crippen molar-refractivity contribution < 1.29 is 84.4 Å². The molecule has 35 heavy (non-hydrogen) atoms. The zero-order valence-corrected chi connectivity index (χ0v) is 22.1. The summed E-state index contributed by atoms with van der Waals surface area (Å²) in [5, 5.41) is 0. The number of nitrogens with two attached hydrogens (primary N) is 2. The first-order valence-corrected chi connectivity index (χ1v) is 12.5. The molecule has 1 radical (unpaired) electrons. The normalized spacial score (nSPS) is 18.6. The van der Waals surface area contributed by atoms with Crippen LogP contribution in [-0.4, -0.2) is 120 Å². The van der Waals surface area contributed by atoms with Gasteiger partial charge in [0.2, 0.25) is 11.8 Å². The van der Waals surface area contributed by atoms with Crippen LogP contribution in [-0.2, 0) is 26.7 Å². The van der Waals surface area contributed by atoms with Crippen LogP contribution >= 0.6 is 0 Å². The Morgan fingerprint density at radius 3 is 1.14 bits per heavy atom. The zero-order chi connectivity index (χ0) is 26.9. The Morgan fingerprint density at radius 1 is 0.657 bits per heavy atom. The van der Waals surface area contributed by atoms with Crippen LogP contribution < -0.4 is 39.4 Å². The van der Waals surface area contributed by atoms with Crippen molar-refractivity contribution >= 4 is 11.8 Å². The van der Waals surface area contributed by atoms with Gasteiger partial charge < -0.3 is 21.3 Å². The van der Waals surface area contributed by atoms with Crippen molar-refractivity contribution in [1.82, 2.24) is 19.6 Å². The van der Waals surface area contributed by atoms with Crippen molar-refractivity contribution in [2.24, 2.45) is 11.5 Å². The monoisotopic (exact) mass is 605 g/mol. The van der Waals surface area contributed by atoms with E-state index in [9.17, 15) is 9.59 Å². The standard InChI is InChI=1S/C16H34N6O2.2ClHO4.Cu/c1-19-5-3-7-22(14-16(18)24)12-10-20(2)6-4-8-21(11-9-19)13-15(17)23;2*2-1(3,4)5;/h3-14H2,1-2H3,(H2,17,23)(H2,18,24);2*(H,2,3,4,5);. The van der Waals surface area contributed by atoms with Gasteiger partial charge in [-0.05, 0) is 53.1 Å². The Labute approximate surface area is 219 Å². The molecule has 0 saturated carbocycles. The molecule has 19 heteroatoms. The van der Waals surface area contributed by atoms with Gasteiger partial charge in [-0.25, -0.2) is 0 Å². The van der Waals surface area contributed by atoms with Gasteiger partial charge in [0.15, 0.2) is 0 Å². The van der Waals surface area contributed by atoms with Crippen molar-refractivity contribution in [1.29, 1.82) is 0 Å². The van der Waals surface area contributed by atoms with Gasteiger partial charge in [0.05, 0.1) is 42.9 Å². The van der Waals surface area contributed by atoms with E-state index in [0.29, 0.717) is 13.1 Å². The minimum Gasteiger partial charge on any atom is -0.369 e. The molecule has 0 aromatic carbocycles. The Kier molecular flexibility index (Phi) is 23.0. The van der Waals surface area contributed by atoms with Gasteiger partial charge in [-0.15, -0.1) is 0 Å². The predicted molar refractivity (Wildman–Crippen MR) is 99.9 cm³/mol. The van der Waals surface area contributed by atoms with Crippen LogP contribution in [0.4, 0.5) is 0 Å². The zero-order valence-electron chi connectivity index (χ0n) is 19.6. The molecule has 0 unspecified atom stereocenters. The van der Waals surface area contributed by atoms with Crippen LogP contribution in [0.5, 0.6) is 0 Å². The van der Waals surface area contributed by atoms with Gasteiger partial charge in [0.1, 0.15) is 0 Å². The molecule has 1 heterocycles. The molecule has 1 rings (SSSR count). The van der Waals surface area contributed by atoms with Gasteiger partial charge in [0.25, 0.3) is 0 Å². The Bertz CT molecular complexity index is 514. The van der Waals surface area contributed by atoms with Crippen molar-refractivity contribution in [2.75, 3.05) is 79.5 Å². The maximum absolute atomic E-state index is 11.2. The van der Waals surface area contributed by atoms with Crippen LogP contribution in [0, 0.1) is 20.5 Å². The van der Waals surface area contributed by atoms with E-state index < -0.39 is 20.5 Å². The Hall–Kier alpha value is -0.441. The fourth-order valence-electron chi connectivity index (χ4n) is 2.96. The summed E-state index contributed by atoms with van der Waals surface area (Å²) in [5.41, 5.74) is 10.7. The molecule has 0 bridgehead atoms. The van der Waals surface area contributed by atoms with Crippen molar-refractivity contribution in [2.45, 2.75) is 12.8 Å². The average molecular weight is 607 g/mol. The molecule has 1 aliphatic heterocycles. The van der Waals surface area contributed by atoms with Crippen molar-refractivity contribution in [3.63, 3.8) is 0 Å². The topological polar surface area (TPSA) is 278 Å². The van der Waals surface area contributed by atoms with Crippen LogP contribution in [0.15, 0.2) is 0 Å². The number of primary amides is 2. The van der Waals surface area contributed by atoms with Gasteiger partial charge >= 0.3 is 0 Å². The predicted octanol–water partition coefficient (Wildman–Crippen LogP) is -10.0. The minimum absolute atomic E-state index is 0. The van der Waals surface area contributed by atoms with Crippen molar-refractivity contribution in [3.8, 4) is 0 Å². The second kappa shape index (κ2) is 20.6. The summed E-state index contributed by atoms with van der Waals surface area (Å²) in [6, 6.07) is 0. The first kappa shape index (κ1) is 39.1. The third-order valence-corrected chi connectivity index (χ3v) is 4.38. The van der Waals surface area contributed by atoms with Gasteiger partial charge in [-0.2, -0.15) is 28.0 Å². The van der Waals surface area contributed by atoms with E-state index in [0.717, 1.165) is 65.2 Å². The van der Waals surface area contributed by atoms with Gasteiger partial charge in [-0.3, -0.25) is 19.4 Å². The number of likely N-dealkylation sites (N-methyl/N-ethyl adjacent to an activating group) is 2. The van der Waals surface area contributed by atoms with Crippen LogP contribution in [0.2, 0.25) is 0 Å². The Balaban J connectivity index is -0.000000784. The fourth-order valence-corrected chi connectivity index (χ4v) is 2.96. The quantitative estimate of drug-likeness (QED) is 0.216. The number of hydrogen-bond donors (Lipinski definition) is 4. The number of amides is 2. The number of nitrogens with zero attached hydrogens (tertiary/aromatic N) is 4. The number of halogens is 2. The molecule has 6 N–H and O–H groups in total. The summed E-state index contributed by atoms with van der Waals surface area (Å²) in [7, 11) is -5.22. The number of carbonyl (C=O) groups is 2. The van der Waals surface area contributed by atoms with E-state index in [1.54, 1.807) is 0 Å². The largest absolute Gasteiger partial charge is 0.369 e. The molecule has 2 amide bonds. The first-order chi connectivity index (χ1) is 15.4. The molecule has 0 aromatic rings. The Morgan fingerprint density at radius 2 is 0.914 bits per heavy atom. The van der Waals surface area contributed by atoms with E-state index in [1.165, 1.54) is 0 Å². The molecule has 1 aliphatic rings. The van der Waals surface area contributed by atoms with Crippen LogP contribution in [0.3, 0.4) is 0 Å². The molecule has 215 valence electrons. The molecule has 1 saturated heterocycles. The number of carbonyl (C=O) groups excluding carboxylic acids is 2. The van der Waals surface area contributed by atoms with Gasteiger partial charge in [0, 0.05) is 43.2 Å². The summed E-state index contributed by atoms with van der Waals surface area (Å²) in [4.78, 5) is 31.2. The summed E-state index contributed by atoms with van der Waals surface area (Å²) in [6.45, 7) is 7.78. The molecular weight excluding hydrogens is 571 g/mol. The van der Waals surface area contributed by atoms with E-state index in [1.807, 2.05) is 0 Å². The third-order valence-electron chi connectivity index (χ3n) is 4.38. The fraction of sp³-hybridized carbons (Fsp3) is 0.875. The molecule has 0 atom stereocenters. The second-order valence-electron chi connectivity index (χ2n) is 7.59. The average Bonchev–Trinajstić information content (AvgIpc) is 2.59. The minimum atomic E-state index is -4.69. The maximum atomic E-state index is 11.2. The second-order valence-corrected chi connectivity index (χ2v) is 9.17. The summed E-state index contributed by atoms with van der Waals surface area (Å²) >= 11 is 0. The molecule has 16 nitrogen and oxygen atoms in total. The van der Waals surface area contributed by atoms with Crippen LogP contribution in [0.25, 0.3) is 0 Å². The molecule has 0 aromatic heterocycles. The van der Waals surface area contributed by atoms with E-state index in [-0.39, 0.29) is 28.9 Å². The summed E-state index contributed by atoms with van der Waals surface area (Å²) in [6.07, 6.45) is 1.98. The summed E-state index contributed by atoms with van der Waals surface area (Å²) < 4.78 is 65.4. The molecular formula is C16H36Cl2CuN6O10. The van der Waals surface area contributed by atoms with Crippen LogP contribution in [0.1, 0.15) is 12.8 Å². The molecule has 0 aliphatic carbocycles. The molecule has 0 spiro atoms. The van der Waals surface area contributed by atoms with E-state index in [2.05, 4.69) is 33.7 Å². The SMILES string of the molecule is CN1CCCN(CC(N)=O)CCN(C)CCCN(CC(N)=O)CC1.[Cu].[O-][Cl+3]([O-])([O-])O.[O-][Cl+3]([O-])([O-])O. The summed E-state index contributed by atoms with van der Waals surface area (Å²) in [5.74, 6) is -0.538. The number of hydrogen-bond acceptors (Lipinski definition) is 14.